The van der Waals surface area contributed by atoms with Gasteiger partial charge >= 0.3 is 0 Å². The van der Waals surface area contributed by atoms with E-state index >= 15 is 0 Å². The molecule has 0 radical (unpaired) electrons. The van der Waals surface area contributed by atoms with Gasteiger partial charge in [-0.3, -0.25) is 4.79 Å². The number of carbonyl (C=O) groups is 1. The largest absolute Gasteiger partial charge is 0.354 e. The molecule has 1 atom stereocenters. The first-order valence-electron chi connectivity index (χ1n) is 7.71. The SMILES string of the molecule is CCC1(C(=O)NCC2(SC)CCCCC2)CCNC1. The van der Waals surface area contributed by atoms with Gasteiger partial charge in [-0.05, 0) is 38.5 Å². The Balaban J connectivity index is 1.91. The third-order valence-corrected chi connectivity index (χ3v) is 6.59. The van der Waals surface area contributed by atoms with Gasteiger partial charge in [-0.1, -0.05) is 26.2 Å². The van der Waals surface area contributed by atoms with Gasteiger partial charge in [-0.2, -0.15) is 11.8 Å². The summed E-state index contributed by atoms with van der Waals surface area (Å²) in [5.41, 5.74) is -0.145. The van der Waals surface area contributed by atoms with E-state index in [0.29, 0.717) is 4.75 Å². The lowest BCUT2D eigenvalue weighted by molar-refractivity contribution is -0.130. The highest BCUT2D eigenvalue weighted by molar-refractivity contribution is 8.00. The molecule has 2 fully saturated rings. The number of hydrogen-bond acceptors (Lipinski definition) is 3. The maximum Gasteiger partial charge on any atom is 0.227 e. The third-order valence-electron chi connectivity index (χ3n) is 5.17. The predicted molar refractivity (Wildman–Crippen MR) is 82.6 cm³/mol. The van der Waals surface area contributed by atoms with Gasteiger partial charge < -0.3 is 10.6 Å². The summed E-state index contributed by atoms with van der Waals surface area (Å²) in [6.07, 6.45) is 10.6. The van der Waals surface area contributed by atoms with Crippen LogP contribution in [0.4, 0.5) is 0 Å². The van der Waals surface area contributed by atoms with E-state index in [1.807, 2.05) is 11.8 Å². The fraction of sp³-hybridized carbons (Fsp3) is 0.933. The lowest BCUT2D eigenvalue weighted by Crippen LogP contribution is -2.48. The highest BCUT2D eigenvalue weighted by atomic mass is 32.2. The first-order chi connectivity index (χ1) is 9.16. The number of carbonyl (C=O) groups excluding carboxylic acids is 1. The van der Waals surface area contributed by atoms with Crippen LogP contribution in [-0.2, 0) is 4.79 Å². The number of nitrogens with one attached hydrogen (secondary N) is 2. The van der Waals surface area contributed by atoms with Gasteiger partial charge in [0.25, 0.3) is 0 Å². The molecular formula is C15H28N2OS. The van der Waals surface area contributed by atoms with Crippen molar-refractivity contribution in [2.75, 3.05) is 25.9 Å². The summed E-state index contributed by atoms with van der Waals surface area (Å²) in [6, 6.07) is 0. The molecule has 2 N–H and O–H groups in total. The Morgan fingerprint density at radius 1 is 1.26 bits per heavy atom. The summed E-state index contributed by atoms with van der Waals surface area (Å²) in [7, 11) is 0. The molecule has 2 aliphatic rings. The van der Waals surface area contributed by atoms with E-state index in [-0.39, 0.29) is 11.3 Å². The monoisotopic (exact) mass is 284 g/mol. The second-order valence-corrected chi connectivity index (χ2v) is 7.47. The Morgan fingerprint density at radius 3 is 2.53 bits per heavy atom. The Morgan fingerprint density at radius 2 is 2.00 bits per heavy atom. The zero-order chi connectivity index (χ0) is 13.8. The van der Waals surface area contributed by atoms with Crippen LogP contribution in [0.3, 0.4) is 0 Å². The maximum atomic E-state index is 12.5. The molecule has 2 rings (SSSR count). The van der Waals surface area contributed by atoms with Crippen molar-refractivity contribution in [2.45, 2.75) is 56.6 Å². The van der Waals surface area contributed by atoms with Crippen LogP contribution in [0.5, 0.6) is 0 Å². The van der Waals surface area contributed by atoms with E-state index in [1.54, 1.807) is 0 Å². The number of hydrogen-bond donors (Lipinski definition) is 2. The van der Waals surface area contributed by atoms with Crippen molar-refractivity contribution >= 4 is 17.7 Å². The molecule has 1 heterocycles. The van der Waals surface area contributed by atoms with E-state index < -0.39 is 0 Å². The van der Waals surface area contributed by atoms with E-state index in [2.05, 4.69) is 23.8 Å². The molecule has 1 unspecified atom stereocenters. The molecule has 110 valence electrons. The Bertz CT molecular complexity index is 307. The lowest BCUT2D eigenvalue weighted by Gasteiger charge is -2.37. The van der Waals surface area contributed by atoms with Crippen molar-refractivity contribution in [3.63, 3.8) is 0 Å². The molecule has 3 nitrogen and oxygen atoms in total. The van der Waals surface area contributed by atoms with Crippen LogP contribution >= 0.6 is 11.8 Å². The molecule has 0 aromatic carbocycles. The van der Waals surface area contributed by atoms with Gasteiger partial charge in [0, 0.05) is 17.8 Å². The van der Waals surface area contributed by atoms with Crippen LogP contribution < -0.4 is 10.6 Å². The van der Waals surface area contributed by atoms with Crippen LogP contribution in [0.1, 0.15) is 51.9 Å². The Hall–Kier alpha value is -0.220. The lowest BCUT2D eigenvalue weighted by atomic mass is 9.82. The van der Waals surface area contributed by atoms with E-state index in [0.717, 1.165) is 32.5 Å². The zero-order valence-electron chi connectivity index (χ0n) is 12.4. The second kappa shape index (κ2) is 6.49. The molecule has 0 aromatic heterocycles. The third kappa shape index (κ3) is 3.27. The molecule has 1 saturated carbocycles. The van der Waals surface area contributed by atoms with Crippen molar-refractivity contribution in [2.24, 2.45) is 5.41 Å². The van der Waals surface area contributed by atoms with Crippen molar-refractivity contribution in [1.29, 1.82) is 0 Å². The van der Waals surface area contributed by atoms with Crippen LogP contribution in [0.25, 0.3) is 0 Å². The normalized spacial score (nSPS) is 30.2. The van der Waals surface area contributed by atoms with Crippen LogP contribution in [0, 0.1) is 5.41 Å². The molecular weight excluding hydrogens is 256 g/mol. The van der Waals surface area contributed by atoms with E-state index in [4.69, 9.17) is 0 Å². The van der Waals surface area contributed by atoms with E-state index in [9.17, 15) is 4.79 Å². The number of amides is 1. The Labute approximate surface area is 121 Å². The van der Waals surface area contributed by atoms with Crippen molar-refractivity contribution in [3.8, 4) is 0 Å². The summed E-state index contributed by atoms with van der Waals surface area (Å²) in [5.74, 6) is 0.277. The molecule has 1 aliphatic heterocycles. The molecule has 1 saturated heterocycles. The standard InChI is InChI=1S/C15H28N2OS/c1-3-14(9-10-16-11-14)13(18)17-12-15(19-2)7-5-4-6-8-15/h16H,3-12H2,1-2H3,(H,17,18). The first kappa shape index (κ1) is 15.2. The smallest absolute Gasteiger partial charge is 0.227 e. The summed E-state index contributed by atoms with van der Waals surface area (Å²) < 4.78 is 0.300. The topological polar surface area (TPSA) is 41.1 Å². The number of rotatable bonds is 5. The van der Waals surface area contributed by atoms with Crippen molar-refractivity contribution in [1.82, 2.24) is 10.6 Å². The quantitative estimate of drug-likeness (QED) is 0.815. The van der Waals surface area contributed by atoms with Gasteiger partial charge in [0.05, 0.1) is 5.41 Å². The minimum atomic E-state index is -0.145. The molecule has 19 heavy (non-hydrogen) atoms. The zero-order valence-corrected chi connectivity index (χ0v) is 13.2. The van der Waals surface area contributed by atoms with Gasteiger partial charge in [0.2, 0.25) is 5.91 Å². The van der Waals surface area contributed by atoms with Gasteiger partial charge in [0.1, 0.15) is 0 Å². The summed E-state index contributed by atoms with van der Waals surface area (Å²) in [5, 5.41) is 6.62. The maximum absolute atomic E-state index is 12.5. The minimum Gasteiger partial charge on any atom is -0.354 e. The van der Waals surface area contributed by atoms with Crippen molar-refractivity contribution in [3.05, 3.63) is 0 Å². The van der Waals surface area contributed by atoms with Gasteiger partial charge in [-0.25, -0.2) is 0 Å². The summed E-state index contributed by atoms with van der Waals surface area (Å²) >= 11 is 1.95. The van der Waals surface area contributed by atoms with Crippen LogP contribution in [-0.4, -0.2) is 36.5 Å². The van der Waals surface area contributed by atoms with Crippen LogP contribution in [0.15, 0.2) is 0 Å². The molecule has 1 amide bonds. The molecule has 1 aliphatic carbocycles. The number of thioether (sulfide) groups is 1. The first-order valence-corrected chi connectivity index (χ1v) is 8.93. The highest BCUT2D eigenvalue weighted by Crippen LogP contribution is 2.38. The average Bonchev–Trinajstić information content (AvgIpc) is 2.96. The Kier molecular flexibility index (Phi) is 5.18. The van der Waals surface area contributed by atoms with E-state index in [1.165, 1.54) is 32.1 Å². The fourth-order valence-electron chi connectivity index (χ4n) is 3.48. The molecule has 4 heteroatoms. The fourth-order valence-corrected chi connectivity index (χ4v) is 4.39. The minimum absolute atomic E-state index is 0.145. The summed E-state index contributed by atoms with van der Waals surface area (Å²) in [4.78, 5) is 12.5. The molecule has 0 aromatic rings. The molecule has 0 bridgehead atoms. The highest BCUT2D eigenvalue weighted by Gasteiger charge is 2.40. The molecule has 0 spiro atoms. The predicted octanol–water partition coefficient (Wildman–Crippen LogP) is 2.56. The summed E-state index contributed by atoms with van der Waals surface area (Å²) in [6.45, 7) is 4.82. The average molecular weight is 284 g/mol. The van der Waals surface area contributed by atoms with Crippen LogP contribution in [0.2, 0.25) is 0 Å². The van der Waals surface area contributed by atoms with Gasteiger partial charge in [-0.15, -0.1) is 0 Å². The second-order valence-electron chi connectivity index (χ2n) is 6.19. The van der Waals surface area contributed by atoms with Crippen molar-refractivity contribution < 1.29 is 4.79 Å². The van der Waals surface area contributed by atoms with Gasteiger partial charge in [0.15, 0.2) is 0 Å².